The van der Waals surface area contributed by atoms with E-state index in [1.54, 1.807) is 0 Å². The van der Waals surface area contributed by atoms with Gasteiger partial charge >= 0.3 is 0 Å². The minimum absolute atomic E-state index is 0.698. The van der Waals surface area contributed by atoms with Gasteiger partial charge in [0.2, 0.25) is 0 Å². The third-order valence-corrected chi connectivity index (χ3v) is 3.72. The Balaban J connectivity index is 2.17. The van der Waals surface area contributed by atoms with Gasteiger partial charge in [0.25, 0.3) is 0 Å². The number of hydrogen-bond acceptors (Lipinski definition) is 2. The van der Waals surface area contributed by atoms with E-state index in [2.05, 4.69) is 38.3 Å². The van der Waals surface area contributed by atoms with Crippen LogP contribution in [0.3, 0.4) is 0 Å². The fraction of sp³-hybridized carbons (Fsp3) is 0.200. The highest BCUT2D eigenvalue weighted by Crippen LogP contribution is 2.26. The van der Waals surface area contributed by atoms with Crippen LogP contribution in [0.5, 0.6) is 0 Å². The van der Waals surface area contributed by atoms with Gasteiger partial charge in [-0.15, -0.1) is 0 Å². The first kappa shape index (κ1) is 14.2. The molecule has 0 unspecified atom stereocenters. The minimum Gasteiger partial charge on any atom is -0.379 e. The normalized spacial score (nSPS) is 10.3. The smallest absolute Gasteiger partial charge is 0.0596 e. The Hall–Kier alpha value is -1.19. The van der Waals surface area contributed by atoms with Crippen LogP contribution >= 0.6 is 27.5 Å². The van der Waals surface area contributed by atoms with Crippen molar-refractivity contribution >= 4 is 38.9 Å². The molecule has 2 aromatic carbocycles. The molecule has 0 radical (unpaired) electrons. The average Bonchev–Trinajstić information content (AvgIpc) is 2.40. The van der Waals surface area contributed by atoms with Gasteiger partial charge in [0.15, 0.2) is 0 Å². The third kappa shape index (κ3) is 3.64. The van der Waals surface area contributed by atoms with Gasteiger partial charge in [0, 0.05) is 30.1 Å². The monoisotopic (exact) mass is 338 g/mol. The first-order valence-electron chi connectivity index (χ1n) is 6.02. The lowest BCUT2D eigenvalue weighted by Gasteiger charge is -2.18. The predicted octanol–water partition coefficient (Wildman–Crippen LogP) is 4.78. The van der Waals surface area contributed by atoms with Crippen LogP contribution in [0.25, 0.3) is 0 Å². The molecule has 1 N–H and O–H groups in total. The molecule has 2 aromatic rings. The molecular weight excluding hydrogens is 324 g/mol. The Morgan fingerprint density at radius 2 is 1.89 bits per heavy atom. The second-order valence-electron chi connectivity index (χ2n) is 4.50. The summed E-state index contributed by atoms with van der Waals surface area (Å²) in [5.74, 6) is 0. The molecule has 0 bridgehead atoms. The lowest BCUT2D eigenvalue weighted by molar-refractivity contribution is 1.10. The number of rotatable bonds is 4. The Bertz CT molecular complexity index is 570. The molecule has 0 saturated carbocycles. The zero-order chi connectivity index (χ0) is 13.8. The summed E-state index contributed by atoms with van der Waals surface area (Å²) in [7, 11) is 4.07. The SMILES string of the molecule is CN(C)c1ccccc1NCc1cc(Br)ccc1Cl. The van der Waals surface area contributed by atoms with E-state index in [1.165, 1.54) is 0 Å². The maximum atomic E-state index is 6.19. The summed E-state index contributed by atoms with van der Waals surface area (Å²) >= 11 is 9.66. The summed E-state index contributed by atoms with van der Waals surface area (Å²) in [5.41, 5.74) is 3.33. The Morgan fingerprint density at radius 3 is 2.63 bits per heavy atom. The Labute approximate surface area is 127 Å². The Morgan fingerprint density at radius 1 is 1.16 bits per heavy atom. The zero-order valence-electron chi connectivity index (χ0n) is 11.0. The van der Waals surface area contributed by atoms with Gasteiger partial charge in [0.05, 0.1) is 11.4 Å². The van der Waals surface area contributed by atoms with Crippen molar-refractivity contribution in [2.24, 2.45) is 0 Å². The van der Waals surface area contributed by atoms with E-state index in [0.717, 1.165) is 26.4 Å². The second-order valence-corrected chi connectivity index (χ2v) is 5.82. The number of nitrogens with one attached hydrogen (secondary N) is 1. The number of halogens is 2. The van der Waals surface area contributed by atoms with Crippen LogP contribution in [0, 0.1) is 0 Å². The molecule has 0 aliphatic heterocycles. The standard InChI is InChI=1S/C15H16BrClN2/c1-19(2)15-6-4-3-5-14(15)18-10-11-9-12(16)7-8-13(11)17/h3-9,18H,10H2,1-2H3. The molecule has 0 heterocycles. The number of para-hydroxylation sites is 2. The third-order valence-electron chi connectivity index (χ3n) is 2.86. The van der Waals surface area contributed by atoms with Gasteiger partial charge in [-0.1, -0.05) is 39.7 Å². The fourth-order valence-corrected chi connectivity index (χ4v) is 2.48. The maximum Gasteiger partial charge on any atom is 0.0596 e. The molecule has 0 atom stereocenters. The molecule has 0 saturated heterocycles. The summed E-state index contributed by atoms with van der Waals surface area (Å²) < 4.78 is 1.04. The number of hydrogen-bond donors (Lipinski definition) is 1. The molecule has 0 fully saturated rings. The van der Waals surface area contributed by atoms with Crippen molar-refractivity contribution in [2.45, 2.75) is 6.54 Å². The van der Waals surface area contributed by atoms with E-state index in [0.29, 0.717) is 6.54 Å². The lowest BCUT2D eigenvalue weighted by Crippen LogP contribution is -2.12. The van der Waals surface area contributed by atoms with Crippen LogP contribution in [0.2, 0.25) is 5.02 Å². The van der Waals surface area contributed by atoms with Crippen molar-refractivity contribution in [3.8, 4) is 0 Å². The summed E-state index contributed by atoms with van der Waals surface area (Å²) in [4.78, 5) is 2.09. The van der Waals surface area contributed by atoms with E-state index in [9.17, 15) is 0 Å². The van der Waals surface area contributed by atoms with E-state index in [-0.39, 0.29) is 0 Å². The molecule has 0 spiro atoms. The predicted molar refractivity (Wildman–Crippen MR) is 87.2 cm³/mol. The van der Waals surface area contributed by atoms with Gasteiger partial charge in [-0.05, 0) is 35.9 Å². The van der Waals surface area contributed by atoms with E-state index < -0.39 is 0 Å². The van der Waals surface area contributed by atoms with Crippen LogP contribution in [0.4, 0.5) is 11.4 Å². The molecule has 19 heavy (non-hydrogen) atoms. The van der Waals surface area contributed by atoms with E-state index in [1.807, 2.05) is 44.4 Å². The highest BCUT2D eigenvalue weighted by molar-refractivity contribution is 9.10. The van der Waals surface area contributed by atoms with Gasteiger partial charge in [-0.3, -0.25) is 0 Å². The molecule has 2 rings (SSSR count). The highest BCUT2D eigenvalue weighted by atomic mass is 79.9. The van der Waals surface area contributed by atoms with E-state index >= 15 is 0 Å². The van der Waals surface area contributed by atoms with Crippen LogP contribution in [0.1, 0.15) is 5.56 Å². The second kappa shape index (κ2) is 6.31. The van der Waals surface area contributed by atoms with Crippen molar-refractivity contribution < 1.29 is 0 Å². The summed E-state index contributed by atoms with van der Waals surface area (Å²) in [6, 6.07) is 14.1. The Kier molecular flexibility index (Phi) is 4.72. The fourth-order valence-electron chi connectivity index (χ4n) is 1.88. The molecule has 0 aliphatic rings. The zero-order valence-corrected chi connectivity index (χ0v) is 13.3. The largest absolute Gasteiger partial charge is 0.379 e. The molecule has 2 nitrogen and oxygen atoms in total. The van der Waals surface area contributed by atoms with Crippen LogP contribution in [-0.4, -0.2) is 14.1 Å². The topological polar surface area (TPSA) is 15.3 Å². The molecular formula is C15H16BrClN2. The van der Waals surface area contributed by atoms with Crippen molar-refractivity contribution in [1.82, 2.24) is 0 Å². The first-order valence-corrected chi connectivity index (χ1v) is 7.19. The van der Waals surface area contributed by atoms with Gasteiger partial charge in [-0.2, -0.15) is 0 Å². The number of benzene rings is 2. The molecule has 0 aliphatic carbocycles. The van der Waals surface area contributed by atoms with Crippen molar-refractivity contribution in [3.05, 3.63) is 57.5 Å². The van der Waals surface area contributed by atoms with Crippen molar-refractivity contribution in [1.29, 1.82) is 0 Å². The maximum absolute atomic E-state index is 6.19. The van der Waals surface area contributed by atoms with Gasteiger partial charge < -0.3 is 10.2 Å². The molecule has 4 heteroatoms. The summed E-state index contributed by atoms with van der Waals surface area (Å²) in [6.07, 6.45) is 0. The van der Waals surface area contributed by atoms with Crippen molar-refractivity contribution in [3.63, 3.8) is 0 Å². The molecule has 0 amide bonds. The average molecular weight is 340 g/mol. The van der Waals surface area contributed by atoms with Crippen molar-refractivity contribution in [2.75, 3.05) is 24.3 Å². The first-order chi connectivity index (χ1) is 9.08. The lowest BCUT2D eigenvalue weighted by atomic mass is 10.2. The quantitative estimate of drug-likeness (QED) is 0.862. The van der Waals surface area contributed by atoms with Crippen LogP contribution < -0.4 is 10.2 Å². The molecule has 0 aromatic heterocycles. The van der Waals surface area contributed by atoms with Crippen LogP contribution in [-0.2, 0) is 6.54 Å². The van der Waals surface area contributed by atoms with Crippen LogP contribution in [0.15, 0.2) is 46.9 Å². The minimum atomic E-state index is 0.698. The number of anilines is 2. The van der Waals surface area contributed by atoms with Gasteiger partial charge in [-0.25, -0.2) is 0 Å². The van der Waals surface area contributed by atoms with E-state index in [4.69, 9.17) is 11.6 Å². The summed E-state index contributed by atoms with van der Waals surface area (Å²) in [6.45, 7) is 0.698. The van der Waals surface area contributed by atoms with Gasteiger partial charge in [0.1, 0.15) is 0 Å². The highest BCUT2D eigenvalue weighted by Gasteiger charge is 2.05. The molecule has 100 valence electrons. The number of nitrogens with zero attached hydrogens (tertiary/aromatic N) is 1. The summed E-state index contributed by atoms with van der Waals surface area (Å²) in [5, 5.41) is 4.21.